The molecule has 0 spiro atoms. The number of nitrogens with one attached hydrogen (secondary N) is 1. The molecule has 1 atom stereocenters. The van der Waals surface area contributed by atoms with Gasteiger partial charge in [0, 0.05) is 29.2 Å². The highest BCUT2D eigenvalue weighted by Gasteiger charge is 2.31. The molecule has 1 aromatic heterocycles. The molecule has 29 heavy (non-hydrogen) atoms. The molecular weight excluding hydrogens is 442 g/mol. The second-order valence-electron chi connectivity index (χ2n) is 6.97. The summed E-state index contributed by atoms with van der Waals surface area (Å²) in [5, 5.41) is 6.19. The summed E-state index contributed by atoms with van der Waals surface area (Å²) in [6.07, 6.45) is 0.0309. The van der Waals surface area contributed by atoms with Gasteiger partial charge in [-0.2, -0.15) is 0 Å². The Morgan fingerprint density at radius 2 is 1.90 bits per heavy atom. The van der Waals surface area contributed by atoms with Crippen LogP contribution in [0.15, 0.2) is 39.3 Å². The van der Waals surface area contributed by atoms with Gasteiger partial charge in [-0.15, -0.1) is 0 Å². The van der Waals surface area contributed by atoms with Crippen LogP contribution in [-0.4, -0.2) is 47.0 Å². The molecule has 154 valence electrons. The molecule has 0 radical (unpaired) electrons. The number of nitrogens with zero attached hydrogens (tertiary/aromatic N) is 2. The maximum atomic E-state index is 12.6. The lowest BCUT2D eigenvalue weighted by molar-refractivity contribution is -0.158. The van der Waals surface area contributed by atoms with Gasteiger partial charge < -0.3 is 14.2 Å². The number of likely N-dealkylation sites (tertiary alicyclic amines) is 1. The summed E-state index contributed by atoms with van der Waals surface area (Å²) >= 11 is 3.35. The number of anilines is 1. The van der Waals surface area contributed by atoms with Gasteiger partial charge >= 0.3 is 5.97 Å². The molecule has 1 aliphatic rings. The largest absolute Gasteiger partial charge is 0.452 e. The van der Waals surface area contributed by atoms with Gasteiger partial charge in [0.25, 0.3) is 11.8 Å². The topological polar surface area (TPSA) is 102 Å². The molecule has 1 unspecified atom stereocenters. The number of aryl methyl sites for hydroxylation is 1. The molecule has 2 aromatic rings. The fourth-order valence-electron chi connectivity index (χ4n) is 3.06. The quantitative estimate of drug-likeness (QED) is 0.683. The van der Waals surface area contributed by atoms with E-state index in [1.54, 1.807) is 30.0 Å². The fraction of sp³-hybridized carbons (Fsp3) is 0.400. The van der Waals surface area contributed by atoms with Crippen molar-refractivity contribution in [3.05, 3.63) is 46.1 Å². The molecule has 1 aromatic carbocycles. The van der Waals surface area contributed by atoms with Crippen LogP contribution in [0.5, 0.6) is 0 Å². The molecule has 2 amide bonds. The third-order valence-corrected chi connectivity index (χ3v) is 5.27. The Bertz CT molecular complexity index is 888. The van der Waals surface area contributed by atoms with Crippen LogP contribution in [0.1, 0.15) is 35.8 Å². The molecule has 0 saturated carbocycles. The van der Waals surface area contributed by atoms with Crippen molar-refractivity contribution < 1.29 is 23.6 Å². The van der Waals surface area contributed by atoms with E-state index in [9.17, 15) is 14.4 Å². The van der Waals surface area contributed by atoms with E-state index in [1.165, 1.54) is 6.92 Å². The number of halogens is 1. The van der Waals surface area contributed by atoms with Crippen molar-refractivity contribution in [1.82, 2.24) is 10.1 Å². The van der Waals surface area contributed by atoms with Crippen molar-refractivity contribution in [3.63, 3.8) is 0 Å². The molecule has 1 N–H and O–H groups in total. The highest BCUT2D eigenvalue weighted by atomic mass is 79.9. The lowest BCUT2D eigenvalue weighted by Crippen LogP contribution is -2.41. The van der Waals surface area contributed by atoms with Crippen LogP contribution in [-0.2, 0) is 14.3 Å². The second kappa shape index (κ2) is 9.21. The van der Waals surface area contributed by atoms with E-state index in [-0.39, 0.29) is 17.7 Å². The van der Waals surface area contributed by atoms with E-state index in [0.29, 0.717) is 37.2 Å². The van der Waals surface area contributed by atoms with Crippen molar-refractivity contribution >= 4 is 39.6 Å². The maximum absolute atomic E-state index is 12.6. The van der Waals surface area contributed by atoms with Crippen LogP contribution < -0.4 is 5.32 Å². The Balaban J connectivity index is 1.47. The first-order valence-corrected chi connectivity index (χ1v) is 10.1. The summed E-state index contributed by atoms with van der Waals surface area (Å²) in [5.74, 6) is -1.11. The molecule has 3 rings (SSSR count). The Kier molecular flexibility index (Phi) is 6.68. The number of ether oxygens (including phenoxy) is 1. The van der Waals surface area contributed by atoms with E-state index >= 15 is 0 Å². The van der Waals surface area contributed by atoms with Gasteiger partial charge in [0.2, 0.25) is 5.88 Å². The SMILES string of the molecule is Cc1cc(NC(=O)C(C)OC(=O)C2CCN(C(=O)c3ccc(Br)cc3)CC2)on1. The van der Waals surface area contributed by atoms with E-state index in [2.05, 4.69) is 26.4 Å². The van der Waals surface area contributed by atoms with Crippen LogP contribution in [0.2, 0.25) is 0 Å². The van der Waals surface area contributed by atoms with Crippen molar-refractivity contribution in [2.24, 2.45) is 5.92 Å². The van der Waals surface area contributed by atoms with Crippen molar-refractivity contribution in [1.29, 1.82) is 0 Å². The van der Waals surface area contributed by atoms with Gasteiger partial charge in [-0.1, -0.05) is 21.1 Å². The van der Waals surface area contributed by atoms with Gasteiger partial charge in [-0.3, -0.25) is 19.7 Å². The molecular formula is C20H22BrN3O5. The van der Waals surface area contributed by atoms with Crippen molar-refractivity contribution in [2.45, 2.75) is 32.8 Å². The summed E-state index contributed by atoms with van der Waals surface area (Å²) in [7, 11) is 0. The predicted molar refractivity (Wildman–Crippen MR) is 108 cm³/mol. The summed E-state index contributed by atoms with van der Waals surface area (Å²) in [5.41, 5.74) is 1.25. The maximum Gasteiger partial charge on any atom is 0.309 e. The Morgan fingerprint density at radius 1 is 1.24 bits per heavy atom. The number of aromatic nitrogens is 1. The minimum absolute atomic E-state index is 0.0561. The average Bonchev–Trinajstić information content (AvgIpc) is 3.12. The molecule has 0 aliphatic carbocycles. The van der Waals surface area contributed by atoms with E-state index in [4.69, 9.17) is 9.26 Å². The summed E-state index contributed by atoms with van der Waals surface area (Å²) in [6, 6.07) is 8.75. The summed E-state index contributed by atoms with van der Waals surface area (Å²) in [6.45, 7) is 4.16. The summed E-state index contributed by atoms with van der Waals surface area (Å²) in [4.78, 5) is 38.8. The first-order chi connectivity index (χ1) is 13.8. The van der Waals surface area contributed by atoms with E-state index in [1.807, 2.05) is 12.1 Å². The monoisotopic (exact) mass is 463 g/mol. The zero-order valence-corrected chi connectivity index (χ0v) is 17.8. The standard InChI is InChI=1S/C20H22BrN3O5/c1-12-11-17(29-23-12)22-18(25)13(2)28-20(27)15-7-9-24(10-8-15)19(26)14-3-5-16(21)6-4-14/h3-6,11,13,15H,7-10H2,1-2H3,(H,22,25). The third kappa shape index (κ3) is 5.44. The van der Waals surface area contributed by atoms with Crippen molar-refractivity contribution in [3.8, 4) is 0 Å². The minimum atomic E-state index is -0.963. The van der Waals surface area contributed by atoms with Gasteiger partial charge in [-0.05, 0) is 51.0 Å². The number of hydrogen-bond donors (Lipinski definition) is 1. The molecule has 2 heterocycles. The lowest BCUT2D eigenvalue weighted by Gasteiger charge is -2.31. The fourth-order valence-corrected chi connectivity index (χ4v) is 3.33. The number of benzene rings is 1. The highest BCUT2D eigenvalue weighted by molar-refractivity contribution is 9.10. The number of rotatable bonds is 5. The van der Waals surface area contributed by atoms with E-state index in [0.717, 1.165) is 4.47 Å². The smallest absolute Gasteiger partial charge is 0.309 e. The first kappa shape index (κ1) is 21.0. The zero-order valence-electron chi connectivity index (χ0n) is 16.2. The second-order valence-corrected chi connectivity index (χ2v) is 7.89. The number of carbonyl (C=O) groups is 3. The van der Waals surface area contributed by atoms with Gasteiger partial charge in [-0.25, -0.2) is 0 Å². The van der Waals surface area contributed by atoms with Gasteiger partial charge in [0.15, 0.2) is 6.10 Å². The summed E-state index contributed by atoms with van der Waals surface area (Å²) < 4.78 is 11.1. The normalized spacial score (nSPS) is 15.6. The number of esters is 1. The zero-order chi connectivity index (χ0) is 21.0. The molecule has 9 heteroatoms. The highest BCUT2D eigenvalue weighted by Crippen LogP contribution is 2.22. The lowest BCUT2D eigenvalue weighted by atomic mass is 9.96. The Morgan fingerprint density at radius 3 is 2.48 bits per heavy atom. The molecule has 1 fully saturated rings. The molecule has 8 nitrogen and oxygen atoms in total. The number of hydrogen-bond acceptors (Lipinski definition) is 6. The molecule has 1 saturated heterocycles. The minimum Gasteiger partial charge on any atom is -0.452 e. The van der Waals surface area contributed by atoms with E-state index < -0.39 is 18.0 Å². The number of carbonyl (C=O) groups excluding carboxylic acids is 3. The average molecular weight is 464 g/mol. The molecule has 1 aliphatic heterocycles. The van der Waals surface area contributed by atoms with Crippen LogP contribution in [0.3, 0.4) is 0 Å². The first-order valence-electron chi connectivity index (χ1n) is 9.33. The van der Waals surface area contributed by atoms with Gasteiger partial charge in [0.1, 0.15) is 0 Å². The van der Waals surface area contributed by atoms with Crippen LogP contribution in [0.25, 0.3) is 0 Å². The van der Waals surface area contributed by atoms with Gasteiger partial charge in [0.05, 0.1) is 11.6 Å². The van der Waals surface area contributed by atoms with Crippen LogP contribution in [0.4, 0.5) is 5.88 Å². The number of piperidine rings is 1. The Hall–Kier alpha value is -2.68. The van der Waals surface area contributed by atoms with Crippen LogP contribution >= 0.6 is 15.9 Å². The third-order valence-electron chi connectivity index (χ3n) is 4.74. The molecule has 0 bridgehead atoms. The number of amides is 2. The predicted octanol–water partition coefficient (Wildman–Crippen LogP) is 3.17. The van der Waals surface area contributed by atoms with Crippen LogP contribution in [0, 0.1) is 12.8 Å². The van der Waals surface area contributed by atoms with Crippen molar-refractivity contribution in [2.75, 3.05) is 18.4 Å². The Labute approximate surface area is 176 Å².